The number of hydrogen-bond acceptors (Lipinski definition) is 2. The summed E-state index contributed by atoms with van der Waals surface area (Å²) in [7, 11) is 0. The molecule has 0 aliphatic rings. The summed E-state index contributed by atoms with van der Waals surface area (Å²) >= 11 is 5.21. The monoisotopic (exact) mass is 295 g/mol. The van der Waals surface area contributed by atoms with Gasteiger partial charge in [0.25, 0.3) is 0 Å². The Hall–Kier alpha value is -0.640. The summed E-state index contributed by atoms with van der Waals surface area (Å²) in [5.74, 6) is 0. The van der Waals surface area contributed by atoms with Gasteiger partial charge in [-0.2, -0.15) is 0 Å². The molecule has 1 aromatic heterocycles. The molecule has 1 unspecified atom stereocenters. The van der Waals surface area contributed by atoms with Crippen molar-refractivity contribution in [2.45, 2.75) is 19.9 Å². The van der Waals surface area contributed by atoms with Gasteiger partial charge in [-0.25, -0.2) is 0 Å². The SMILES string of the molecule is Cc1cc(C(N)c2ccc(Br)cc2C)cs1. The van der Waals surface area contributed by atoms with Gasteiger partial charge in [0.2, 0.25) is 0 Å². The molecule has 1 atom stereocenters. The molecule has 0 aliphatic carbocycles. The van der Waals surface area contributed by atoms with Crippen LogP contribution in [0.5, 0.6) is 0 Å². The second kappa shape index (κ2) is 4.70. The Labute approximate surface area is 108 Å². The number of rotatable bonds is 2. The van der Waals surface area contributed by atoms with E-state index in [1.807, 2.05) is 6.07 Å². The molecule has 2 N–H and O–H groups in total. The van der Waals surface area contributed by atoms with Gasteiger partial charge in [0.05, 0.1) is 6.04 Å². The van der Waals surface area contributed by atoms with E-state index in [9.17, 15) is 0 Å². The highest BCUT2D eigenvalue weighted by molar-refractivity contribution is 9.10. The summed E-state index contributed by atoms with van der Waals surface area (Å²) in [6.07, 6.45) is 0. The highest BCUT2D eigenvalue weighted by Crippen LogP contribution is 2.27. The zero-order chi connectivity index (χ0) is 11.7. The highest BCUT2D eigenvalue weighted by Gasteiger charge is 2.12. The average Bonchev–Trinajstić information content (AvgIpc) is 2.64. The van der Waals surface area contributed by atoms with Gasteiger partial charge >= 0.3 is 0 Å². The predicted octanol–water partition coefficient (Wildman–Crippen LogP) is 4.18. The predicted molar refractivity (Wildman–Crippen MR) is 74.0 cm³/mol. The Balaban J connectivity index is 2.37. The van der Waals surface area contributed by atoms with Crippen molar-refractivity contribution in [3.05, 3.63) is 55.7 Å². The number of nitrogens with two attached hydrogens (primary N) is 1. The number of benzene rings is 1. The lowest BCUT2D eigenvalue weighted by atomic mass is 9.98. The van der Waals surface area contributed by atoms with Crippen LogP contribution in [0.15, 0.2) is 34.1 Å². The number of hydrogen-bond donors (Lipinski definition) is 1. The van der Waals surface area contributed by atoms with Gasteiger partial charge in [0, 0.05) is 9.35 Å². The number of thiophene rings is 1. The van der Waals surface area contributed by atoms with Crippen molar-refractivity contribution < 1.29 is 0 Å². The van der Waals surface area contributed by atoms with Gasteiger partial charge in [-0.1, -0.05) is 22.0 Å². The van der Waals surface area contributed by atoms with Gasteiger partial charge in [0.15, 0.2) is 0 Å². The molecule has 1 heterocycles. The average molecular weight is 296 g/mol. The van der Waals surface area contributed by atoms with Crippen molar-refractivity contribution >= 4 is 27.3 Å². The zero-order valence-corrected chi connectivity index (χ0v) is 11.7. The normalized spacial score (nSPS) is 12.8. The number of aryl methyl sites for hydroxylation is 2. The van der Waals surface area contributed by atoms with Crippen LogP contribution in [-0.2, 0) is 0 Å². The minimum Gasteiger partial charge on any atom is -0.320 e. The Kier molecular flexibility index (Phi) is 3.47. The van der Waals surface area contributed by atoms with Gasteiger partial charge in [-0.15, -0.1) is 11.3 Å². The van der Waals surface area contributed by atoms with E-state index >= 15 is 0 Å². The lowest BCUT2D eigenvalue weighted by Crippen LogP contribution is -2.12. The molecule has 0 saturated heterocycles. The first-order chi connectivity index (χ1) is 7.58. The third-order valence-corrected chi connectivity index (χ3v) is 4.05. The molecule has 3 heteroatoms. The first kappa shape index (κ1) is 11.8. The lowest BCUT2D eigenvalue weighted by Gasteiger charge is -2.13. The molecule has 2 rings (SSSR count). The molecule has 0 spiro atoms. The molecule has 2 aromatic rings. The Bertz CT molecular complexity index is 504. The minimum atomic E-state index is -0.0157. The van der Waals surface area contributed by atoms with Gasteiger partial charge in [-0.3, -0.25) is 0 Å². The van der Waals surface area contributed by atoms with Gasteiger partial charge < -0.3 is 5.73 Å². The van der Waals surface area contributed by atoms with Crippen LogP contribution in [0.1, 0.15) is 27.6 Å². The molecular weight excluding hydrogens is 282 g/mol. The van der Waals surface area contributed by atoms with E-state index in [1.54, 1.807) is 11.3 Å². The molecule has 0 amide bonds. The molecule has 0 fully saturated rings. The van der Waals surface area contributed by atoms with E-state index in [-0.39, 0.29) is 6.04 Å². The summed E-state index contributed by atoms with van der Waals surface area (Å²) < 4.78 is 1.10. The van der Waals surface area contributed by atoms with Crippen molar-refractivity contribution in [3.63, 3.8) is 0 Å². The second-order valence-corrected chi connectivity index (χ2v) is 6.00. The third kappa shape index (κ3) is 2.37. The zero-order valence-electron chi connectivity index (χ0n) is 9.33. The van der Waals surface area contributed by atoms with Gasteiger partial charge in [0.1, 0.15) is 0 Å². The van der Waals surface area contributed by atoms with Crippen molar-refractivity contribution in [3.8, 4) is 0 Å². The summed E-state index contributed by atoms with van der Waals surface area (Å²) in [5.41, 5.74) is 9.90. The summed E-state index contributed by atoms with van der Waals surface area (Å²) in [4.78, 5) is 1.31. The molecule has 84 valence electrons. The lowest BCUT2D eigenvalue weighted by molar-refractivity contribution is 0.865. The molecule has 16 heavy (non-hydrogen) atoms. The van der Waals surface area contributed by atoms with Crippen LogP contribution in [0.25, 0.3) is 0 Å². The van der Waals surface area contributed by atoms with Crippen molar-refractivity contribution in [2.75, 3.05) is 0 Å². The summed E-state index contributed by atoms with van der Waals surface area (Å²) in [5, 5.41) is 2.14. The first-order valence-corrected chi connectivity index (χ1v) is 6.82. The molecular formula is C13H14BrNS. The third-order valence-electron chi connectivity index (χ3n) is 2.68. The van der Waals surface area contributed by atoms with E-state index in [4.69, 9.17) is 5.73 Å². The fraction of sp³-hybridized carbons (Fsp3) is 0.231. The van der Waals surface area contributed by atoms with Crippen molar-refractivity contribution in [1.82, 2.24) is 0 Å². The van der Waals surface area contributed by atoms with Crippen molar-refractivity contribution in [1.29, 1.82) is 0 Å². The Morgan fingerprint density at radius 2 is 2.00 bits per heavy atom. The summed E-state index contributed by atoms with van der Waals surface area (Å²) in [6.45, 7) is 4.20. The van der Waals surface area contributed by atoms with Gasteiger partial charge in [-0.05, 0) is 54.1 Å². The number of halogens is 1. The van der Waals surface area contributed by atoms with E-state index in [0.29, 0.717) is 0 Å². The molecule has 1 nitrogen and oxygen atoms in total. The molecule has 1 aromatic carbocycles. The Morgan fingerprint density at radius 1 is 1.25 bits per heavy atom. The van der Waals surface area contributed by atoms with Crippen molar-refractivity contribution in [2.24, 2.45) is 5.73 Å². The molecule has 0 radical (unpaired) electrons. The molecule has 0 saturated carbocycles. The van der Waals surface area contributed by atoms with Crippen LogP contribution >= 0.6 is 27.3 Å². The largest absolute Gasteiger partial charge is 0.320 e. The van der Waals surface area contributed by atoms with E-state index in [1.165, 1.54) is 21.6 Å². The van der Waals surface area contributed by atoms with Crippen LogP contribution in [-0.4, -0.2) is 0 Å². The van der Waals surface area contributed by atoms with Crippen LogP contribution in [0.3, 0.4) is 0 Å². The van der Waals surface area contributed by atoms with Crippen LogP contribution in [0.4, 0.5) is 0 Å². The first-order valence-electron chi connectivity index (χ1n) is 5.14. The van der Waals surface area contributed by atoms with Crippen LogP contribution in [0.2, 0.25) is 0 Å². The maximum atomic E-state index is 6.27. The maximum Gasteiger partial charge on any atom is 0.0562 e. The second-order valence-electron chi connectivity index (χ2n) is 3.97. The fourth-order valence-corrected chi connectivity index (χ4v) is 3.01. The minimum absolute atomic E-state index is 0.0157. The molecule has 0 aliphatic heterocycles. The van der Waals surface area contributed by atoms with E-state index in [0.717, 1.165) is 4.47 Å². The smallest absolute Gasteiger partial charge is 0.0562 e. The van der Waals surface area contributed by atoms with Crippen LogP contribution in [0, 0.1) is 13.8 Å². The highest BCUT2D eigenvalue weighted by atomic mass is 79.9. The van der Waals surface area contributed by atoms with Crippen LogP contribution < -0.4 is 5.73 Å². The molecule has 0 bridgehead atoms. The van der Waals surface area contributed by atoms with E-state index < -0.39 is 0 Å². The maximum absolute atomic E-state index is 6.27. The van der Waals surface area contributed by atoms with E-state index in [2.05, 4.69) is 53.4 Å². The Morgan fingerprint density at radius 3 is 2.56 bits per heavy atom. The topological polar surface area (TPSA) is 26.0 Å². The quantitative estimate of drug-likeness (QED) is 0.884. The standard InChI is InChI=1S/C13H14BrNS/c1-8-5-11(14)3-4-12(8)13(15)10-6-9(2)16-7-10/h3-7,13H,15H2,1-2H3. The summed E-state index contributed by atoms with van der Waals surface area (Å²) in [6, 6.07) is 8.39. The fourth-order valence-electron chi connectivity index (χ4n) is 1.79.